The van der Waals surface area contributed by atoms with E-state index >= 15 is 0 Å². The quantitative estimate of drug-likeness (QED) is 0.824. The summed E-state index contributed by atoms with van der Waals surface area (Å²) in [6.07, 6.45) is 3.72. The molecule has 27 heavy (non-hydrogen) atoms. The molecule has 1 aromatic heterocycles. The molecule has 6 nitrogen and oxygen atoms in total. The number of aryl methyl sites for hydroxylation is 1. The first-order valence-electron chi connectivity index (χ1n) is 9.14. The highest BCUT2D eigenvalue weighted by molar-refractivity contribution is 7.91. The Morgan fingerprint density at radius 2 is 2.11 bits per heavy atom. The third kappa shape index (κ3) is 4.86. The monoisotopic (exact) mass is 387 g/mol. The van der Waals surface area contributed by atoms with Gasteiger partial charge in [0.15, 0.2) is 9.84 Å². The molecule has 1 N–H and O–H groups in total. The van der Waals surface area contributed by atoms with E-state index in [0.717, 1.165) is 11.3 Å². The SMILES string of the molecule is CCN(C(=O)c1cncc(NCc2cccc(C)c2)c1)C1CCS(=O)(=O)C1. The average molecular weight is 388 g/mol. The second kappa shape index (κ2) is 8.08. The highest BCUT2D eigenvalue weighted by Crippen LogP contribution is 2.21. The third-order valence-electron chi connectivity index (χ3n) is 4.82. The van der Waals surface area contributed by atoms with Crippen molar-refractivity contribution in [2.45, 2.75) is 32.9 Å². The van der Waals surface area contributed by atoms with Crippen molar-refractivity contribution >= 4 is 21.4 Å². The zero-order valence-corrected chi connectivity index (χ0v) is 16.5. The van der Waals surface area contributed by atoms with Crippen LogP contribution < -0.4 is 5.32 Å². The number of nitrogens with zero attached hydrogens (tertiary/aromatic N) is 2. The third-order valence-corrected chi connectivity index (χ3v) is 6.57. The highest BCUT2D eigenvalue weighted by Gasteiger charge is 2.34. The number of pyridine rings is 1. The minimum atomic E-state index is -3.04. The maximum absolute atomic E-state index is 12.9. The minimum Gasteiger partial charge on any atom is -0.380 e. The van der Waals surface area contributed by atoms with Gasteiger partial charge < -0.3 is 10.2 Å². The predicted octanol–water partition coefficient (Wildman–Crippen LogP) is 2.65. The van der Waals surface area contributed by atoms with Crippen LogP contribution in [0.25, 0.3) is 0 Å². The van der Waals surface area contributed by atoms with Crippen molar-refractivity contribution in [1.82, 2.24) is 9.88 Å². The van der Waals surface area contributed by atoms with Crippen LogP contribution >= 0.6 is 0 Å². The van der Waals surface area contributed by atoms with Gasteiger partial charge in [0, 0.05) is 31.5 Å². The highest BCUT2D eigenvalue weighted by atomic mass is 32.2. The van der Waals surface area contributed by atoms with Crippen LogP contribution in [0.1, 0.15) is 34.8 Å². The number of carbonyl (C=O) groups is 1. The Hall–Kier alpha value is -2.41. The summed E-state index contributed by atoms with van der Waals surface area (Å²) >= 11 is 0. The number of carbonyl (C=O) groups excluding carboxylic acids is 1. The molecule has 1 aliphatic heterocycles. The van der Waals surface area contributed by atoms with Gasteiger partial charge in [-0.3, -0.25) is 9.78 Å². The molecule has 2 aromatic rings. The van der Waals surface area contributed by atoms with Crippen LogP contribution in [0.2, 0.25) is 0 Å². The van der Waals surface area contributed by atoms with Crippen molar-refractivity contribution in [3.8, 4) is 0 Å². The summed E-state index contributed by atoms with van der Waals surface area (Å²) in [7, 11) is -3.04. The normalized spacial score (nSPS) is 18.2. The van der Waals surface area contributed by atoms with Gasteiger partial charge >= 0.3 is 0 Å². The zero-order valence-electron chi connectivity index (χ0n) is 15.7. The number of sulfone groups is 1. The van der Waals surface area contributed by atoms with E-state index in [0.29, 0.717) is 25.1 Å². The Balaban J connectivity index is 1.71. The molecule has 1 saturated heterocycles. The zero-order chi connectivity index (χ0) is 19.4. The summed E-state index contributed by atoms with van der Waals surface area (Å²) in [4.78, 5) is 18.7. The number of benzene rings is 1. The molecule has 0 saturated carbocycles. The molecule has 144 valence electrons. The van der Waals surface area contributed by atoms with E-state index in [-0.39, 0.29) is 23.5 Å². The van der Waals surface area contributed by atoms with Gasteiger partial charge in [-0.2, -0.15) is 0 Å². The van der Waals surface area contributed by atoms with Crippen LogP contribution in [-0.2, 0) is 16.4 Å². The number of aromatic nitrogens is 1. The lowest BCUT2D eigenvalue weighted by molar-refractivity contribution is 0.0708. The van der Waals surface area contributed by atoms with Gasteiger partial charge in [-0.1, -0.05) is 29.8 Å². The summed E-state index contributed by atoms with van der Waals surface area (Å²) in [5, 5.41) is 3.29. The maximum atomic E-state index is 12.9. The first-order chi connectivity index (χ1) is 12.9. The van der Waals surface area contributed by atoms with E-state index in [1.54, 1.807) is 17.2 Å². The molecule has 0 radical (unpaired) electrons. The molecule has 0 bridgehead atoms. The fraction of sp³-hybridized carbons (Fsp3) is 0.400. The molecule has 0 aliphatic carbocycles. The van der Waals surface area contributed by atoms with Gasteiger partial charge in [-0.25, -0.2) is 8.42 Å². The van der Waals surface area contributed by atoms with Crippen molar-refractivity contribution in [3.05, 3.63) is 59.4 Å². The van der Waals surface area contributed by atoms with Crippen LogP contribution in [0.5, 0.6) is 0 Å². The van der Waals surface area contributed by atoms with Crippen molar-refractivity contribution in [1.29, 1.82) is 0 Å². The Kier molecular flexibility index (Phi) is 5.79. The van der Waals surface area contributed by atoms with E-state index in [9.17, 15) is 13.2 Å². The molecule has 1 unspecified atom stereocenters. The first-order valence-corrected chi connectivity index (χ1v) is 11.0. The van der Waals surface area contributed by atoms with Crippen LogP contribution in [0.3, 0.4) is 0 Å². The Morgan fingerprint density at radius 1 is 1.30 bits per heavy atom. The molecule has 1 aliphatic rings. The molecule has 3 rings (SSSR count). The topological polar surface area (TPSA) is 79.4 Å². The fourth-order valence-corrected chi connectivity index (χ4v) is 5.17. The Bertz CT molecular complexity index is 928. The lowest BCUT2D eigenvalue weighted by Gasteiger charge is -2.27. The van der Waals surface area contributed by atoms with Crippen molar-refractivity contribution in [2.24, 2.45) is 0 Å². The fourth-order valence-electron chi connectivity index (χ4n) is 3.43. The standard InChI is InChI=1S/C20H25N3O3S/c1-3-23(19-7-8-27(25,26)14-19)20(24)17-10-18(13-21-12-17)22-11-16-6-4-5-15(2)9-16/h4-6,9-10,12-13,19,22H,3,7-8,11,14H2,1-2H3. The van der Waals surface area contributed by atoms with Crippen molar-refractivity contribution in [3.63, 3.8) is 0 Å². The molecule has 1 aromatic carbocycles. The van der Waals surface area contributed by atoms with Crippen LogP contribution in [0.15, 0.2) is 42.7 Å². The van der Waals surface area contributed by atoms with Crippen molar-refractivity contribution in [2.75, 3.05) is 23.4 Å². The van der Waals surface area contributed by atoms with Crippen LogP contribution in [-0.4, -0.2) is 48.3 Å². The summed E-state index contributed by atoms with van der Waals surface area (Å²) in [6, 6.07) is 9.73. The molecule has 7 heteroatoms. The summed E-state index contributed by atoms with van der Waals surface area (Å²) in [6.45, 7) is 5.03. The van der Waals surface area contributed by atoms with E-state index in [1.807, 2.05) is 32.0 Å². The smallest absolute Gasteiger partial charge is 0.255 e. The van der Waals surface area contributed by atoms with Gasteiger partial charge in [0.2, 0.25) is 0 Å². The van der Waals surface area contributed by atoms with E-state index in [2.05, 4.69) is 16.4 Å². The van der Waals surface area contributed by atoms with E-state index in [1.165, 1.54) is 11.8 Å². The molecule has 1 fully saturated rings. The summed E-state index contributed by atoms with van der Waals surface area (Å²) in [5.41, 5.74) is 3.58. The number of rotatable bonds is 6. The van der Waals surface area contributed by atoms with Gasteiger partial charge in [0.1, 0.15) is 0 Å². The van der Waals surface area contributed by atoms with Gasteiger partial charge in [-0.05, 0) is 31.9 Å². The minimum absolute atomic E-state index is 0.0469. The number of nitrogens with one attached hydrogen (secondary N) is 1. The second-order valence-corrected chi connectivity index (χ2v) is 9.18. The van der Waals surface area contributed by atoms with Gasteiger partial charge in [0.05, 0.1) is 22.8 Å². The van der Waals surface area contributed by atoms with Crippen molar-refractivity contribution < 1.29 is 13.2 Å². The Labute approximate surface area is 160 Å². The number of hydrogen-bond donors (Lipinski definition) is 1. The summed E-state index contributed by atoms with van der Waals surface area (Å²) < 4.78 is 23.5. The second-order valence-electron chi connectivity index (χ2n) is 6.95. The number of anilines is 1. The van der Waals surface area contributed by atoms with E-state index < -0.39 is 9.84 Å². The molecule has 0 spiro atoms. The van der Waals surface area contributed by atoms with Gasteiger partial charge in [0.25, 0.3) is 5.91 Å². The van der Waals surface area contributed by atoms with Gasteiger partial charge in [-0.15, -0.1) is 0 Å². The largest absolute Gasteiger partial charge is 0.380 e. The number of hydrogen-bond acceptors (Lipinski definition) is 5. The molecular weight excluding hydrogens is 362 g/mol. The first kappa shape index (κ1) is 19.4. The lowest BCUT2D eigenvalue weighted by Crippen LogP contribution is -2.41. The molecule has 2 heterocycles. The Morgan fingerprint density at radius 3 is 2.78 bits per heavy atom. The average Bonchev–Trinajstić information content (AvgIpc) is 3.00. The lowest BCUT2D eigenvalue weighted by atomic mass is 10.1. The molecule has 1 amide bonds. The predicted molar refractivity (Wildman–Crippen MR) is 107 cm³/mol. The van der Waals surface area contributed by atoms with E-state index in [4.69, 9.17) is 0 Å². The van der Waals surface area contributed by atoms with Crippen LogP contribution in [0, 0.1) is 6.92 Å². The molecule has 1 atom stereocenters. The van der Waals surface area contributed by atoms with Crippen LogP contribution in [0.4, 0.5) is 5.69 Å². The summed E-state index contributed by atoms with van der Waals surface area (Å²) in [5.74, 6) is 0.0228. The number of amides is 1. The molecular formula is C20H25N3O3S. The maximum Gasteiger partial charge on any atom is 0.255 e.